The average molecular weight is 272 g/mol. The van der Waals surface area contributed by atoms with Gasteiger partial charge in [0.05, 0.1) is 13.0 Å². The minimum atomic E-state index is -1.30. The molecule has 0 spiro atoms. The molecule has 0 aliphatic rings. The van der Waals surface area contributed by atoms with E-state index < -0.39 is 29.8 Å². The zero-order chi connectivity index (χ0) is 15.0. The van der Waals surface area contributed by atoms with Gasteiger partial charge in [-0.15, -0.1) is 0 Å². The number of rotatable bonds is 5. The van der Waals surface area contributed by atoms with Gasteiger partial charge in [0.15, 0.2) is 0 Å². The smallest absolute Gasteiger partial charge is 0.328 e. The Balaban J connectivity index is 4.31. The van der Waals surface area contributed by atoms with Crippen molar-refractivity contribution in [1.82, 2.24) is 10.2 Å². The first-order valence-corrected chi connectivity index (χ1v) is 5.32. The summed E-state index contributed by atoms with van der Waals surface area (Å²) in [4.78, 5) is 45.1. The van der Waals surface area contributed by atoms with Crippen molar-refractivity contribution in [2.24, 2.45) is 5.92 Å². The molecule has 106 valence electrons. The standard InChI is InChI=1S/C11H16N2O6/c1-7(10(17)19-3)6-13(2)11(18)12-8(14)4-5-9(15)16/h4-5,7H,6H2,1-3H3,(H,15,16)(H,12,14,18). The van der Waals surface area contributed by atoms with Crippen LogP contribution in [0.5, 0.6) is 0 Å². The molecular formula is C11H16N2O6. The van der Waals surface area contributed by atoms with Crippen LogP contribution in [0.3, 0.4) is 0 Å². The van der Waals surface area contributed by atoms with E-state index in [-0.39, 0.29) is 6.54 Å². The van der Waals surface area contributed by atoms with Crippen molar-refractivity contribution in [2.45, 2.75) is 6.92 Å². The fourth-order valence-corrected chi connectivity index (χ4v) is 1.16. The predicted octanol–water partition coefficient (Wildman–Crippen LogP) is -0.396. The van der Waals surface area contributed by atoms with Gasteiger partial charge in [-0.1, -0.05) is 6.92 Å². The zero-order valence-electron chi connectivity index (χ0n) is 10.9. The van der Waals surface area contributed by atoms with Gasteiger partial charge in [0.1, 0.15) is 0 Å². The third-order valence-corrected chi connectivity index (χ3v) is 2.11. The van der Waals surface area contributed by atoms with Crippen LogP contribution in [0.1, 0.15) is 6.92 Å². The van der Waals surface area contributed by atoms with E-state index in [1.54, 1.807) is 6.92 Å². The normalized spacial score (nSPS) is 11.7. The fraction of sp³-hybridized carbons (Fsp3) is 0.455. The number of esters is 1. The summed E-state index contributed by atoms with van der Waals surface area (Å²) >= 11 is 0. The number of nitrogens with zero attached hydrogens (tertiary/aromatic N) is 1. The second-order valence-electron chi connectivity index (χ2n) is 3.77. The van der Waals surface area contributed by atoms with E-state index in [9.17, 15) is 19.2 Å². The van der Waals surface area contributed by atoms with Gasteiger partial charge in [-0.05, 0) is 0 Å². The third-order valence-electron chi connectivity index (χ3n) is 2.11. The Morgan fingerprint density at radius 1 is 1.32 bits per heavy atom. The van der Waals surface area contributed by atoms with Crippen LogP contribution in [0, 0.1) is 5.92 Å². The van der Waals surface area contributed by atoms with Gasteiger partial charge in [-0.25, -0.2) is 9.59 Å². The monoisotopic (exact) mass is 272 g/mol. The first kappa shape index (κ1) is 16.6. The molecule has 0 saturated carbocycles. The van der Waals surface area contributed by atoms with Crippen molar-refractivity contribution in [2.75, 3.05) is 20.7 Å². The number of carbonyl (C=O) groups excluding carboxylic acids is 3. The number of imide groups is 1. The second-order valence-corrected chi connectivity index (χ2v) is 3.77. The van der Waals surface area contributed by atoms with Gasteiger partial charge in [0.25, 0.3) is 5.91 Å². The van der Waals surface area contributed by atoms with Gasteiger partial charge in [0.2, 0.25) is 0 Å². The Labute approximate surface area is 110 Å². The number of ether oxygens (including phenoxy) is 1. The molecule has 3 amide bonds. The molecule has 19 heavy (non-hydrogen) atoms. The summed E-state index contributed by atoms with van der Waals surface area (Å²) in [7, 11) is 2.63. The molecule has 1 unspecified atom stereocenters. The van der Waals surface area contributed by atoms with Crippen molar-refractivity contribution >= 4 is 23.9 Å². The van der Waals surface area contributed by atoms with E-state index in [1.165, 1.54) is 14.2 Å². The van der Waals surface area contributed by atoms with Gasteiger partial charge < -0.3 is 14.7 Å². The number of hydrogen-bond donors (Lipinski definition) is 2. The Morgan fingerprint density at radius 2 is 1.89 bits per heavy atom. The lowest BCUT2D eigenvalue weighted by Gasteiger charge is -2.19. The summed E-state index contributed by atoms with van der Waals surface area (Å²) in [5, 5.41) is 10.2. The molecular weight excluding hydrogens is 256 g/mol. The molecule has 0 radical (unpaired) electrons. The third kappa shape index (κ3) is 6.81. The highest BCUT2D eigenvalue weighted by Gasteiger charge is 2.19. The first-order chi connectivity index (χ1) is 8.77. The van der Waals surface area contributed by atoms with Crippen LogP contribution in [-0.2, 0) is 19.1 Å². The maximum absolute atomic E-state index is 11.5. The van der Waals surface area contributed by atoms with Crippen molar-refractivity contribution < 1.29 is 29.0 Å². The maximum atomic E-state index is 11.5. The number of methoxy groups -OCH3 is 1. The maximum Gasteiger partial charge on any atom is 0.328 e. The Kier molecular flexibility index (Phi) is 6.87. The molecule has 0 aromatic carbocycles. The first-order valence-electron chi connectivity index (χ1n) is 5.32. The van der Waals surface area contributed by atoms with Gasteiger partial charge >= 0.3 is 18.0 Å². The number of carboxylic acids is 1. The highest BCUT2D eigenvalue weighted by Crippen LogP contribution is 2.00. The van der Waals surface area contributed by atoms with Crippen LogP contribution in [0.15, 0.2) is 12.2 Å². The van der Waals surface area contributed by atoms with Crippen LogP contribution in [-0.4, -0.2) is 54.6 Å². The molecule has 0 rings (SSSR count). The lowest BCUT2D eigenvalue weighted by molar-refractivity contribution is -0.145. The Hall–Kier alpha value is -2.38. The molecule has 0 heterocycles. The Bertz CT molecular complexity index is 404. The SMILES string of the molecule is COC(=O)C(C)CN(C)C(=O)NC(=O)C=CC(=O)O. The van der Waals surface area contributed by atoms with Crippen molar-refractivity contribution in [3.8, 4) is 0 Å². The van der Waals surface area contributed by atoms with Crippen LogP contribution in [0.4, 0.5) is 4.79 Å². The quantitative estimate of drug-likeness (QED) is 0.520. The average Bonchev–Trinajstić information content (AvgIpc) is 2.34. The number of urea groups is 1. The van der Waals surface area contributed by atoms with E-state index in [2.05, 4.69) is 4.74 Å². The molecule has 1 atom stereocenters. The number of carboxylic acid groups (broad SMARTS) is 1. The largest absolute Gasteiger partial charge is 0.478 e. The number of aliphatic carboxylic acids is 1. The topological polar surface area (TPSA) is 113 Å². The minimum Gasteiger partial charge on any atom is -0.478 e. The van der Waals surface area contributed by atoms with Crippen molar-refractivity contribution in [3.63, 3.8) is 0 Å². The Morgan fingerprint density at radius 3 is 2.37 bits per heavy atom. The summed E-state index contributed by atoms with van der Waals surface area (Å²) in [6.07, 6.45) is 1.33. The molecule has 0 aliphatic heterocycles. The summed E-state index contributed by atoms with van der Waals surface area (Å²) < 4.78 is 4.50. The van der Waals surface area contributed by atoms with Gasteiger partial charge in [-0.3, -0.25) is 14.9 Å². The molecule has 8 heteroatoms. The second kappa shape index (κ2) is 7.85. The fourth-order valence-electron chi connectivity index (χ4n) is 1.16. The summed E-state index contributed by atoms with van der Waals surface area (Å²) in [5.41, 5.74) is 0. The lowest BCUT2D eigenvalue weighted by atomic mass is 10.2. The van der Waals surface area contributed by atoms with Crippen LogP contribution in [0.25, 0.3) is 0 Å². The van der Waals surface area contributed by atoms with Crippen molar-refractivity contribution in [1.29, 1.82) is 0 Å². The summed E-state index contributed by atoms with van der Waals surface area (Å²) in [5.74, 6) is -3.16. The van der Waals surface area contributed by atoms with E-state index in [0.29, 0.717) is 6.08 Å². The minimum absolute atomic E-state index is 0.0639. The molecule has 0 aliphatic carbocycles. The van der Waals surface area contributed by atoms with E-state index in [0.717, 1.165) is 11.0 Å². The molecule has 0 saturated heterocycles. The highest BCUT2D eigenvalue weighted by molar-refractivity contribution is 6.02. The zero-order valence-corrected chi connectivity index (χ0v) is 10.9. The highest BCUT2D eigenvalue weighted by atomic mass is 16.5. The molecule has 8 nitrogen and oxygen atoms in total. The van der Waals surface area contributed by atoms with Gasteiger partial charge in [-0.2, -0.15) is 0 Å². The molecule has 2 N–H and O–H groups in total. The van der Waals surface area contributed by atoms with Crippen LogP contribution in [0.2, 0.25) is 0 Å². The van der Waals surface area contributed by atoms with Gasteiger partial charge in [0, 0.05) is 25.7 Å². The van der Waals surface area contributed by atoms with E-state index in [4.69, 9.17) is 5.11 Å². The summed E-state index contributed by atoms with van der Waals surface area (Å²) in [6, 6.07) is -0.740. The van der Waals surface area contributed by atoms with Crippen molar-refractivity contribution in [3.05, 3.63) is 12.2 Å². The molecule has 0 bridgehead atoms. The number of hydrogen-bond acceptors (Lipinski definition) is 5. The summed E-state index contributed by atoms with van der Waals surface area (Å²) in [6.45, 7) is 1.64. The number of amides is 3. The van der Waals surface area contributed by atoms with Crippen LogP contribution < -0.4 is 5.32 Å². The van der Waals surface area contributed by atoms with E-state index >= 15 is 0 Å². The molecule has 0 aromatic heterocycles. The lowest BCUT2D eigenvalue weighted by Crippen LogP contribution is -2.43. The van der Waals surface area contributed by atoms with Crippen LogP contribution >= 0.6 is 0 Å². The molecule has 0 fully saturated rings. The predicted molar refractivity (Wildman–Crippen MR) is 64.1 cm³/mol. The van der Waals surface area contributed by atoms with E-state index in [1.807, 2.05) is 5.32 Å². The molecule has 0 aromatic rings. The number of carbonyl (C=O) groups is 4. The number of nitrogens with one attached hydrogen (secondary N) is 1.